The van der Waals surface area contributed by atoms with Gasteiger partial charge < -0.3 is 10.1 Å². The van der Waals surface area contributed by atoms with Gasteiger partial charge in [-0.25, -0.2) is 4.79 Å². The molecule has 1 aromatic heterocycles. The number of hydrogen-bond donors (Lipinski definition) is 2. The molecule has 0 spiro atoms. The number of nitrogens with one attached hydrogen (secondary N) is 1. The second-order valence-electron chi connectivity index (χ2n) is 2.60. The summed E-state index contributed by atoms with van der Waals surface area (Å²) in [6.45, 7) is 3.04. The van der Waals surface area contributed by atoms with E-state index in [-0.39, 0.29) is 17.0 Å². The second kappa shape index (κ2) is 2.81. The topological polar surface area (TPSA) is 70.2 Å². The van der Waals surface area contributed by atoms with Gasteiger partial charge in [0.1, 0.15) is 0 Å². The van der Waals surface area contributed by atoms with Crippen molar-refractivity contribution in [2.45, 2.75) is 13.8 Å². The van der Waals surface area contributed by atoms with Crippen molar-refractivity contribution in [3.8, 4) is 0 Å². The fraction of sp³-hybridized carbons (Fsp3) is 0.250. The first-order chi connectivity index (χ1) is 5.52. The molecule has 1 rings (SSSR count). The molecule has 0 radical (unpaired) electrons. The van der Waals surface area contributed by atoms with Gasteiger partial charge in [0, 0.05) is 12.6 Å². The van der Waals surface area contributed by atoms with Crippen LogP contribution in [0.25, 0.3) is 0 Å². The summed E-state index contributed by atoms with van der Waals surface area (Å²) in [4.78, 5) is 24.2. The van der Waals surface area contributed by atoms with E-state index in [1.54, 1.807) is 6.92 Å². The van der Waals surface area contributed by atoms with Gasteiger partial charge in [0.25, 0.3) is 0 Å². The quantitative estimate of drug-likeness (QED) is 0.650. The van der Waals surface area contributed by atoms with Crippen LogP contribution in [-0.2, 0) is 0 Å². The van der Waals surface area contributed by atoms with E-state index in [1.807, 2.05) is 0 Å². The van der Waals surface area contributed by atoms with Gasteiger partial charge in [0.2, 0.25) is 0 Å². The Balaban J connectivity index is 3.26. The normalized spacial score (nSPS) is 9.83. The van der Waals surface area contributed by atoms with Crippen LogP contribution in [0.4, 0.5) is 0 Å². The SMILES string of the molecule is CC(=O)c1[nH]c(C)cc1C(=O)O. The lowest BCUT2D eigenvalue weighted by molar-refractivity contribution is 0.0692. The van der Waals surface area contributed by atoms with Crippen LogP contribution in [0.3, 0.4) is 0 Å². The van der Waals surface area contributed by atoms with Crippen LogP contribution in [0.15, 0.2) is 6.07 Å². The lowest BCUT2D eigenvalue weighted by Gasteiger charge is -1.92. The number of Topliss-reactive ketones (excluding diaryl/α,β-unsaturated/α-hetero) is 1. The smallest absolute Gasteiger partial charge is 0.338 e. The Morgan fingerprint density at radius 1 is 1.50 bits per heavy atom. The molecule has 0 unspecified atom stereocenters. The molecule has 2 N–H and O–H groups in total. The first kappa shape index (κ1) is 8.52. The number of ketones is 1. The summed E-state index contributed by atoms with van der Waals surface area (Å²) >= 11 is 0. The highest BCUT2D eigenvalue weighted by Crippen LogP contribution is 2.10. The molecule has 4 heteroatoms. The first-order valence-electron chi connectivity index (χ1n) is 3.46. The lowest BCUT2D eigenvalue weighted by Crippen LogP contribution is -2.03. The molecular formula is C8H9NO3. The van der Waals surface area contributed by atoms with E-state index in [0.717, 1.165) is 0 Å². The maximum absolute atomic E-state index is 10.9. The third-order valence-electron chi connectivity index (χ3n) is 1.53. The van der Waals surface area contributed by atoms with Crippen molar-refractivity contribution in [2.24, 2.45) is 0 Å². The van der Waals surface area contributed by atoms with Crippen molar-refractivity contribution in [3.05, 3.63) is 23.0 Å². The number of carbonyl (C=O) groups is 2. The van der Waals surface area contributed by atoms with Gasteiger partial charge >= 0.3 is 5.97 Å². The van der Waals surface area contributed by atoms with Crippen LogP contribution in [0, 0.1) is 6.92 Å². The maximum atomic E-state index is 10.9. The van der Waals surface area contributed by atoms with Gasteiger partial charge in [0.15, 0.2) is 5.78 Å². The minimum Gasteiger partial charge on any atom is -0.478 e. The number of aromatic amines is 1. The number of carbonyl (C=O) groups excluding carboxylic acids is 1. The minimum absolute atomic E-state index is 0.0417. The Hall–Kier alpha value is -1.58. The fourth-order valence-electron chi connectivity index (χ4n) is 1.04. The van der Waals surface area contributed by atoms with Crippen molar-refractivity contribution in [1.82, 2.24) is 4.98 Å². The predicted octanol–water partition coefficient (Wildman–Crippen LogP) is 1.22. The Morgan fingerprint density at radius 3 is 2.42 bits per heavy atom. The maximum Gasteiger partial charge on any atom is 0.338 e. The van der Waals surface area contributed by atoms with E-state index in [2.05, 4.69) is 4.98 Å². The zero-order valence-corrected chi connectivity index (χ0v) is 6.84. The Kier molecular flexibility index (Phi) is 1.99. The second-order valence-corrected chi connectivity index (χ2v) is 2.60. The number of carboxylic acid groups (broad SMARTS) is 1. The number of rotatable bonds is 2. The van der Waals surface area contributed by atoms with Crippen molar-refractivity contribution in [2.75, 3.05) is 0 Å². The summed E-state index contributed by atoms with van der Waals surface area (Å²) in [5.41, 5.74) is 0.887. The third kappa shape index (κ3) is 1.37. The van der Waals surface area contributed by atoms with E-state index in [1.165, 1.54) is 13.0 Å². The molecule has 0 saturated heterocycles. The van der Waals surface area contributed by atoms with E-state index in [4.69, 9.17) is 5.11 Å². The number of H-pyrrole nitrogens is 1. The van der Waals surface area contributed by atoms with Gasteiger partial charge in [0.05, 0.1) is 11.3 Å². The van der Waals surface area contributed by atoms with E-state index >= 15 is 0 Å². The zero-order valence-electron chi connectivity index (χ0n) is 6.84. The van der Waals surface area contributed by atoms with Crippen molar-refractivity contribution in [3.63, 3.8) is 0 Å². The predicted molar refractivity (Wildman–Crippen MR) is 42.5 cm³/mol. The molecule has 0 aliphatic heterocycles. The molecule has 0 fully saturated rings. The molecule has 12 heavy (non-hydrogen) atoms. The molecule has 64 valence electrons. The van der Waals surface area contributed by atoms with E-state index in [9.17, 15) is 9.59 Å². The van der Waals surface area contributed by atoms with Crippen LogP contribution in [0.5, 0.6) is 0 Å². The highest BCUT2D eigenvalue weighted by molar-refractivity contribution is 6.03. The molecule has 1 aromatic rings. The van der Waals surface area contributed by atoms with Gasteiger partial charge in [-0.2, -0.15) is 0 Å². The van der Waals surface area contributed by atoms with Crippen LogP contribution < -0.4 is 0 Å². The Bertz CT molecular complexity index is 307. The van der Waals surface area contributed by atoms with E-state index < -0.39 is 5.97 Å². The summed E-state index contributed by atoms with van der Waals surface area (Å²) in [7, 11) is 0. The van der Waals surface area contributed by atoms with Crippen LogP contribution in [0.2, 0.25) is 0 Å². The van der Waals surface area contributed by atoms with Crippen molar-refractivity contribution < 1.29 is 14.7 Å². The van der Waals surface area contributed by atoms with Crippen LogP contribution in [-0.4, -0.2) is 21.8 Å². The number of aryl methyl sites for hydroxylation is 1. The molecule has 1 heterocycles. The molecular weight excluding hydrogens is 158 g/mol. The summed E-state index contributed by atoms with van der Waals surface area (Å²) in [6, 6.07) is 1.44. The Labute approximate surface area is 69.2 Å². The molecule has 0 amide bonds. The average molecular weight is 167 g/mol. The zero-order chi connectivity index (χ0) is 9.30. The van der Waals surface area contributed by atoms with Gasteiger partial charge in [-0.15, -0.1) is 0 Å². The number of aromatic carboxylic acids is 1. The largest absolute Gasteiger partial charge is 0.478 e. The molecule has 0 aromatic carbocycles. The lowest BCUT2D eigenvalue weighted by atomic mass is 10.2. The molecule has 0 saturated carbocycles. The molecule has 0 aliphatic rings. The minimum atomic E-state index is -1.08. The van der Waals surface area contributed by atoms with Crippen molar-refractivity contribution in [1.29, 1.82) is 0 Å². The fourth-order valence-corrected chi connectivity index (χ4v) is 1.04. The summed E-state index contributed by atoms with van der Waals surface area (Å²) in [5, 5.41) is 8.66. The molecule has 0 bridgehead atoms. The van der Waals surface area contributed by atoms with Crippen LogP contribution >= 0.6 is 0 Å². The number of carboxylic acids is 1. The van der Waals surface area contributed by atoms with Gasteiger partial charge in [-0.05, 0) is 13.0 Å². The number of hydrogen-bond acceptors (Lipinski definition) is 2. The number of aromatic nitrogens is 1. The monoisotopic (exact) mass is 167 g/mol. The first-order valence-corrected chi connectivity index (χ1v) is 3.46. The van der Waals surface area contributed by atoms with Gasteiger partial charge in [-0.1, -0.05) is 0 Å². The third-order valence-corrected chi connectivity index (χ3v) is 1.53. The standard InChI is InChI=1S/C8H9NO3/c1-4-3-6(8(11)12)7(9-4)5(2)10/h3,9H,1-2H3,(H,11,12). The van der Waals surface area contributed by atoms with Crippen LogP contribution in [0.1, 0.15) is 33.5 Å². The summed E-state index contributed by atoms with van der Waals surface area (Å²) < 4.78 is 0. The molecule has 0 atom stereocenters. The molecule has 0 aliphatic carbocycles. The highest BCUT2D eigenvalue weighted by atomic mass is 16.4. The molecule has 4 nitrogen and oxygen atoms in total. The van der Waals surface area contributed by atoms with E-state index in [0.29, 0.717) is 5.69 Å². The summed E-state index contributed by atoms with van der Waals surface area (Å²) in [6.07, 6.45) is 0. The Morgan fingerprint density at radius 2 is 2.08 bits per heavy atom. The average Bonchev–Trinajstić information content (AvgIpc) is 2.31. The highest BCUT2D eigenvalue weighted by Gasteiger charge is 2.15. The summed E-state index contributed by atoms with van der Waals surface area (Å²) in [5.74, 6) is -1.34. The van der Waals surface area contributed by atoms with Crippen molar-refractivity contribution >= 4 is 11.8 Å². The van der Waals surface area contributed by atoms with Gasteiger partial charge in [-0.3, -0.25) is 4.79 Å².